The van der Waals surface area contributed by atoms with E-state index in [9.17, 15) is 4.79 Å². The standard InChI is InChI=1S/C21H22N2O4S/c1-13(2)27-18-10-9-14(11-19(18)26-4)20(24)23-21-22-16(12-28-21)15-7-5-6-8-17(15)25-3/h5-13H,1-4H3,(H,22,23,24). The number of aromatic nitrogens is 1. The Bertz CT molecular complexity index is 969. The van der Waals surface area contributed by atoms with Gasteiger partial charge in [0.2, 0.25) is 0 Å². The van der Waals surface area contributed by atoms with Gasteiger partial charge in [-0.15, -0.1) is 11.3 Å². The number of anilines is 1. The molecule has 0 saturated heterocycles. The Morgan fingerprint density at radius 3 is 2.50 bits per heavy atom. The molecule has 1 N–H and O–H groups in total. The second-order valence-electron chi connectivity index (χ2n) is 6.22. The highest BCUT2D eigenvalue weighted by molar-refractivity contribution is 7.14. The molecule has 2 aromatic carbocycles. The van der Waals surface area contributed by atoms with E-state index in [1.807, 2.05) is 43.5 Å². The second kappa shape index (κ2) is 8.75. The minimum absolute atomic E-state index is 0.0114. The first-order chi connectivity index (χ1) is 13.5. The molecule has 0 saturated carbocycles. The fraction of sp³-hybridized carbons (Fsp3) is 0.238. The van der Waals surface area contributed by atoms with Gasteiger partial charge in [-0.05, 0) is 44.2 Å². The third-order valence-electron chi connectivity index (χ3n) is 3.90. The molecule has 0 radical (unpaired) electrons. The van der Waals surface area contributed by atoms with Crippen molar-refractivity contribution in [2.45, 2.75) is 20.0 Å². The number of benzene rings is 2. The summed E-state index contributed by atoms with van der Waals surface area (Å²) in [5, 5.41) is 5.22. The van der Waals surface area contributed by atoms with Crippen molar-refractivity contribution in [2.24, 2.45) is 0 Å². The van der Waals surface area contributed by atoms with Crippen molar-refractivity contribution >= 4 is 22.4 Å². The number of hydrogen-bond acceptors (Lipinski definition) is 6. The summed E-state index contributed by atoms with van der Waals surface area (Å²) >= 11 is 1.35. The quantitative estimate of drug-likeness (QED) is 0.615. The Hall–Kier alpha value is -3.06. The van der Waals surface area contributed by atoms with Crippen molar-refractivity contribution in [1.29, 1.82) is 0 Å². The van der Waals surface area contributed by atoms with Crippen molar-refractivity contribution in [1.82, 2.24) is 4.98 Å². The zero-order chi connectivity index (χ0) is 20.1. The molecule has 0 unspecified atom stereocenters. The highest BCUT2D eigenvalue weighted by atomic mass is 32.1. The van der Waals surface area contributed by atoms with Crippen LogP contribution in [0.15, 0.2) is 47.8 Å². The fourth-order valence-electron chi connectivity index (χ4n) is 2.64. The Morgan fingerprint density at radius 2 is 1.79 bits per heavy atom. The van der Waals surface area contributed by atoms with Crippen LogP contribution in [0.5, 0.6) is 17.2 Å². The summed E-state index contributed by atoms with van der Waals surface area (Å²) in [6.07, 6.45) is 0.0114. The van der Waals surface area contributed by atoms with E-state index in [0.717, 1.165) is 17.0 Å². The van der Waals surface area contributed by atoms with Crippen LogP contribution in [0.3, 0.4) is 0 Å². The minimum Gasteiger partial charge on any atom is -0.496 e. The summed E-state index contributed by atoms with van der Waals surface area (Å²) in [5.74, 6) is 1.57. The molecule has 146 valence electrons. The first kappa shape index (κ1) is 19.7. The minimum atomic E-state index is -0.268. The van der Waals surface area contributed by atoms with E-state index >= 15 is 0 Å². The molecular weight excluding hydrogens is 376 g/mol. The monoisotopic (exact) mass is 398 g/mol. The lowest BCUT2D eigenvalue weighted by Gasteiger charge is -2.14. The molecule has 0 aliphatic carbocycles. The van der Waals surface area contributed by atoms with Gasteiger partial charge in [0.25, 0.3) is 5.91 Å². The van der Waals surface area contributed by atoms with Crippen LogP contribution in [0.4, 0.5) is 5.13 Å². The predicted octanol–water partition coefficient (Wildman–Crippen LogP) is 4.87. The van der Waals surface area contributed by atoms with Crippen LogP contribution in [0.1, 0.15) is 24.2 Å². The van der Waals surface area contributed by atoms with Gasteiger partial charge in [0.1, 0.15) is 5.75 Å². The van der Waals surface area contributed by atoms with Crippen LogP contribution < -0.4 is 19.5 Å². The summed E-state index contributed by atoms with van der Waals surface area (Å²) in [7, 11) is 3.17. The topological polar surface area (TPSA) is 69.7 Å². The maximum absolute atomic E-state index is 12.6. The maximum atomic E-state index is 12.6. The lowest BCUT2D eigenvalue weighted by Crippen LogP contribution is -2.12. The SMILES string of the molecule is COc1cc(C(=O)Nc2nc(-c3ccccc3OC)cs2)ccc1OC(C)C. The fourth-order valence-corrected chi connectivity index (χ4v) is 3.35. The third-order valence-corrected chi connectivity index (χ3v) is 4.65. The normalized spacial score (nSPS) is 10.6. The molecule has 6 nitrogen and oxygen atoms in total. The van der Waals surface area contributed by atoms with Gasteiger partial charge in [-0.25, -0.2) is 4.98 Å². The molecular formula is C21H22N2O4S. The van der Waals surface area contributed by atoms with Gasteiger partial charge >= 0.3 is 0 Å². The average molecular weight is 398 g/mol. The number of thiazole rings is 1. The number of nitrogens with zero attached hydrogens (tertiary/aromatic N) is 1. The summed E-state index contributed by atoms with van der Waals surface area (Å²) in [4.78, 5) is 17.1. The van der Waals surface area contributed by atoms with Gasteiger partial charge in [0.05, 0.1) is 26.0 Å². The second-order valence-corrected chi connectivity index (χ2v) is 7.08. The molecule has 0 spiro atoms. The molecule has 0 bridgehead atoms. The zero-order valence-electron chi connectivity index (χ0n) is 16.2. The number of methoxy groups -OCH3 is 2. The number of nitrogens with one attached hydrogen (secondary N) is 1. The van der Waals surface area contributed by atoms with Crippen LogP contribution >= 0.6 is 11.3 Å². The van der Waals surface area contributed by atoms with Gasteiger partial charge in [-0.1, -0.05) is 12.1 Å². The molecule has 28 heavy (non-hydrogen) atoms. The van der Waals surface area contributed by atoms with Gasteiger partial charge in [-0.3, -0.25) is 10.1 Å². The van der Waals surface area contributed by atoms with E-state index in [1.165, 1.54) is 11.3 Å². The van der Waals surface area contributed by atoms with E-state index in [-0.39, 0.29) is 12.0 Å². The molecule has 1 aromatic heterocycles. The Kier molecular flexibility index (Phi) is 6.16. The molecule has 3 rings (SSSR count). The first-order valence-electron chi connectivity index (χ1n) is 8.76. The number of hydrogen-bond donors (Lipinski definition) is 1. The average Bonchev–Trinajstić information content (AvgIpc) is 3.16. The summed E-state index contributed by atoms with van der Waals surface area (Å²) < 4.78 is 16.4. The number of rotatable bonds is 7. The predicted molar refractivity (Wildman–Crippen MR) is 111 cm³/mol. The van der Waals surface area contributed by atoms with Crippen LogP contribution in [0.2, 0.25) is 0 Å². The van der Waals surface area contributed by atoms with Crippen LogP contribution in [-0.4, -0.2) is 31.2 Å². The van der Waals surface area contributed by atoms with E-state index in [0.29, 0.717) is 22.2 Å². The van der Waals surface area contributed by atoms with Crippen molar-refractivity contribution in [3.63, 3.8) is 0 Å². The molecule has 0 atom stereocenters. The highest BCUT2D eigenvalue weighted by Gasteiger charge is 2.15. The molecule has 0 fully saturated rings. The number of para-hydroxylation sites is 1. The zero-order valence-corrected chi connectivity index (χ0v) is 17.0. The molecule has 0 aliphatic rings. The third kappa shape index (κ3) is 4.43. The van der Waals surface area contributed by atoms with E-state index in [2.05, 4.69) is 10.3 Å². The van der Waals surface area contributed by atoms with Gasteiger partial charge < -0.3 is 14.2 Å². The summed E-state index contributed by atoms with van der Waals surface area (Å²) in [5.41, 5.74) is 2.08. The van der Waals surface area contributed by atoms with Gasteiger partial charge in [0.15, 0.2) is 16.6 Å². The van der Waals surface area contributed by atoms with Crippen molar-refractivity contribution in [3.05, 3.63) is 53.4 Å². The highest BCUT2D eigenvalue weighted by Crippen LogP contribution is 2.33. The Labute approximate surface area is 168 Å². The van der Waals surface area contributed by atoms with Crippen molar-refractivity contribution in [3.8, 4) is 28.5 Å². The molecule has 3 aromatic rings. The largest absolute Gasteiger partial charge is 0.496 e. The molecule has 1 amide bonds. The van der Waals surface area contributed by atoms with E-state index in [4.69, 9.17) is 14.2 Å². The van der Waals surface area contributed by atoms with Crippen LogP contribution in [-0.2, 0) is 0 Å². The van der Waals surface area contributed by atoms with Crippen LogP contribution in [0.25, 0.3) is 11.3 Å². The Balaban J connectivity index is 1.78. The molecule has 0 aliphatic heterocycles. The van der Waals surface area contributed by atoms with E-state index < -0.39 is 0 Å². The smallest absolute Gasteiger partial charge is 0.257 e. The number of carbonyl (C=O) groups excluding carboxylic acids is 1. The molecule has 1 heterocycles. The van der Waals surface area contributed by atoms with Crippen LogP contribution in [0, 0.1) is 0 Å². The molecule has 7 heteroatoms. The summed E-state index contributed by atoms with van der Waals surface area (Å²) in [6, 6.07) is 12.7. The number of carbonyl (C=O) groups is 1. The maximum Gasteiger partial charge on any atom is 0.257 e. The van der Waals surface area contributed by atoms with Gasteiger partial charge in [0, 0.05) is 16.5 Å². The summed E-state index contributed by atoms with van der Waals surface area (Å²) in [6.45, 7) is 3.86. The van der Waals surface area contributed by atoms with E-state index in [1.54, 1.807) is 32.4 Å². The lowest BCUT2D eigenvalue weighted by molar-refractivity contribution is 0.102. The Morgan fingerprint density at radius 1 is 1.04 bits per heavy atom. The van der Waals surface area contributed by atoms with Gasteiger partial charge in [-0.2, -0.15) is 0 Å². The lowest BCUT2D eigenvalue weighted by atomic mass is 10.1. The number of amides is 1. The first-order valence-corrected chi connectivity index (χ1v) is 9.64. The van der Waals surface area contributed by atoms with Crippen molar-refractivity contribution in [2.75, 3.05) is 19.5 Å². The van der Waals surface area contributed by atoms with Crippen molar-refractivity contribution < 1.29 is 19.0 Å². The number of ether oxygens (including phenoxy) is 3.